The van der Waals surface area contributed by atoms with Crippen LogP contribution in [0.1, 0.15) is 13.3 Å². The van der Waals surface area contributed by atoms with Crippen LogP contribution in [0, 0.1) is 0 Å². The van der Waals surface area contributed by atoms with Gasteiger partial charge in [0.25, 0.3) is 0 Å². The van der Waals surface area contributed by atoms with Crippen LogP contribution in [0.15, 0.2) is 46.0 Å². The first-order chi connectivity index (χ1) is 10.3. The number of fused-ring (bicyclic) bond motifs is 1. The van der Waals surface area contributed by atoms with Crippen molar-refractivity contribution in [2.75, 3.05) is 5.32 Å². The molecule has 6 heteroatoms. The molecule has 1 unspecified atom stereocenters. The molecular formula is C15H14N2OS3. The monoisotopic (exact) mass is 334 g/mol. The van der Waals surface area contributed by atoms with E-state index in [0.717, 1.165) is 16.6 Å². The number of para-hydroxylation sites is 1. The number of thiophene rings is 1. The fourth-order valence-corrected chi connectivity index (χ4v) is 4.73. The standard InChI is InChI=1S/C15H14N2OS3/c1-2-11(20-13-8-5-9-19-13)14(18)17-15-16-10-6-3-4-7-12(10)21-15/h3-9,11H,2H2,1H3,(H,16,17,18). The number of carbonyl (C=O) groups excluding carboxylic acids is 1. The zero-order valence-corrected chi connectivity index (χ0v) is 13.9. The molecule has 0 saturated carbocycles. The van der Waals surface area contributed by atoms with Gasteiger partial charge in [0, 0.05) is 0 Å². The highest BCUT2D eigenvalue weighted by Crippen LogP contribution is 2.31. The second-order valence-corrected chi connectivity index (χ2v) is 7.90. The lowest BCUT2D eigenvalue weighted by atomic mass is 10.3. The van der Waals surface area contributed by atoms with Crippen LogP contribution >= 0.6 is 34.4 Å². The summed E-state index contributed by atoms with van der Waals surface area (Å²) in [6.45, 7) is 2.03. The number of benzene rings is 1. The summed E-state index contributed by atoms with van der Waals surface area (Å²) >= 11 is 4.79. The number of carbonyl (C=O) groups is 1. The van der Waals surface area contributed by atoms with Gasteiger partial charge in [0.2, 0.25) is 5.91 Å². The number of hydrogen-bond acceptors (Lipinski definition) is 5. The Balaban J connectivity index is 1.71. The molecular weight excluding hydrogens is 320 g/mol. The van der Waals surface area contributed by atoms with Crippen LogP contribution in [-0.2, 0) is 4.79 Å². The van der Waals surface area contributed by atoms with E-state index >= 15 is 0 Å². The van der Waals surface area contributed by atoms with Crippen molar-refractivity contribution in [3.8, 4) is 0 Å². The third kappa shape index (κ3) is 3.45. The maximum atomic E-state index is 12.4. The summed E-state index contributed by atoms with van der Waals surface area (Å²) in [5.41, 5.74) is 0.928. The molecule has 3 aromatic rings. The summed E-state index contributed by atoms with van der Waals surface area (Å²) in [6.07, 6.45) is 0.791. The van der Waals surface area contributed by atoms with Crippen LogP contribution in [0.3, 0.4) is 0 Å². The van der Waals surface area contributed by atoms with Crippen LogP contribution in [0.2, 0.25) is 0 Å². The van der Waals surface area contributed by atoms with Crippen molar-refractivity contribution in [1.29, 1.82) is 0 Å². The van der Waals surface area contributed by atoms with Gasteiger partial charge in [0.15, 0.2) is 5.13 Å². The zero-order chi connectivity index (χ0) is 14.7. The van der Waals surface area contributed by atoms with Crippen LogP contribution in [-0.4, -0.2) is 16.1 Å². The molecule has 3 rings (SSSR count). The van der Waals surface area contributed by atoms with E-state index in [-0.39, 0.29) is 11.2 Å². The van der Waals surface area contributed by atoms with Crippen LogP contribution in [0.4, 0.5) is 5.13 Å². The van der Waals surface area contributed by atoms with Gasteiger partial charge in [-0.15, -0.1) is 23.1 Å². The minimum atomic E-state index is -0.0873. The maximum Gasteiger partial charge on any atom is 0.239 e. The van der Waals surface area contributed by atoms with E-state index in [2.05, 4.69) is 10.3 Å². The fraction of sp³-hybridized carbons (Fsp3) is 0.200. The summed E-state index contributed by atoms with van der Waals surface area (Å²) in [7, 11) is 0. The number of anilines is 1. The molecule has 3 nitrogen and oxygen atoms in total. The van der Waals surface area contributed by atoms with Crippen molar-refractivity contribution in [2.45, 2.75) is 22.8 Å². The molecule has 2 aromatic heterocycles. The zero-order valence-electron chi connectivity index (χ0n) is 11.4. The smallest absolute Gasteiger partial charge is 0.239 e. The SMILES string of the molecule is CCC(Sc1cccs1)C(=O)Nc1nc2ccccc2s1. The van der Waals surface area contributed by atoms with Gasteiger partial charge in [0.1, 0.15) is 0 Å². The normalized spacial score (nSPS) is 12.4. The van der Waals surface area contributed by atoms with Crippen molar-refractivity contribution in [3.63, 3.8) is 0 Å². The third-order valence-corrected chi connectivity index (χ3v) is 6.33. The number of rotatable bonds is 5. The van der Waals surface area contributed by atoms with Crippen LogP contribution in [0.5, 0.6) is 0 Å². The lowest BCUT2D eigenvalue weighted by Crippen LogP contribution is -2.24. The van der Waals surface area contributed by atoms with Crippen molar-refractivity contribution in [2.24, 2.45) is 0 Å². The Morgan fingerprint density at radius 1 is 1.33 bits per heavy atom. The second kappa shape index (κ2) is 6.60. The minimum absolute atomic E-state index is 0.0231. The van der Waals surface area contributed by atoms with E-state index < -0.39 is 0 Å². The summed E-state index contributed by atoms with van der Waals surface area (Å²) in [4.78, 5) is 16.8. The predicted octanol–water partition coefficient (Wildman–Crippen LogP) is 4.87. The van der Waals surface area contributed by atoms with Gasteiger partial charge in [-0.1, -0.05) is 36.5 Å². The summed E-state index contributed by atoms with van der Waals surface area (Å²) in [6, 6.07) is 12.0. The van der Waals surface area contributed by atoms with Gasteiger partial charge in [-0.25, -0.2) is 4.98 Å². The van der Waals surface area contributed by atoms with E-state index in [1.54, 1.807) is 23.1 Å². The first-order valence-electron chi connectivity index (χ1n) is 6.63. The van der Waals surface area contributed by atoms with E-state index in [1.165, 1.54) is 15.5 Å². The quantitative estimate of drug-likeness (QED) is 0.677. The molecule has 1 amide bonds. The molecule has 0 aliphatic rings. The molecule has 21 heavy (non-hydrogen) atoms. The Morgan fingerprint density at radius 2 is 2.19 bits per heavy atom. The van der Waals surface area contributed by atoms with Crippen molar-refractivity contribution < 1.29 is 4.79 Å². The highest BCUT2D eigenvalue weighted by molar-refractivity contribution is 8.02. The number of hydrogen-bond donors (Lipinski definition) is 1. The molecule has 0 saturated heterocycles. The lowest BCUT2D eigenvalue weighted by Gasteiger charge is -2.11. The average molecular weight is 334 g/mol. The first kappa shape index (κ1) is 14.6. The molecule has 1 aromatic carbocycles. The fourth-order valence-electron chi connectivity index (χ4n) is 1.90. The summed E-state index contributed by atoms with van der Waals surface area (Å²) in [5.74, 6) is 0.0231. The predicted molar refractivity (Wildman–Crippen MR) is 92.5 cm³/mol. The van der Waals surface area contributed by atoms with E-state index in [0.29, 0.717) is 5.13 Å². The molecule has 108 valence electrons. The van der Waals surface area contributed by atoms with Gasteiger partial charge < -0.3 is 5.32 Å². The number of thiazole rings is 1. The Hall–Kier alpha value is -1.37. The molecule has 0 aliphatic heterocycles. The van der Waals surface area contributed by atoms with Gasteiger partial charge in [-0.2, -0.15) is 0 Å². The lowest BCUT2D eigenvalue weighted by molar-refractivity contribution is -0.115. The highest BCUT2D eigenvalue weighted by atomic mass is 32.2. The van der Waals surface area contributed by atoms with E-state index in [4.69, 9.17) is 0 Å². The van der Waals surface area contributed by atoms with E-state index in [1.807, 2.05) is 48.7 Å². The Morgan fingerprint density at radius 3 is 2.90 bits per heavy atom. The number of aromatic nitrogens is 1. The number of nitrogens with zero attached hydrogens (tertiary/aromatic N) is 1. The van der Waals surface area contributed by atoms with Gasteiger partial charge in [-0.05, 0) is 30.0 Å². The molecule has 0 aliphatic carbocycles. The largest absolute Gasteiger partial charge is 0.301 e. The third-order valence-electron chi connectivity index (χ3n) is 2.94. The highest BCUT2D eigenvalue weighted by Gasteiger charge is 2.19. The van der Waals surface area contributed by atoms with Crippen LogP contribution in [0.25, 0.3) is 10.2 Å². The van der Waals surface area contributed by atoms with Crippen molar-refractivity contribution in [1.82, 2.24) is 4.98 Å². The topological polar surface area (TPSA) is 42.0 Å². The van der Waals surface area contributed by atoms with Gasteiger partial charge >= 0.3 is 0 Å². The minimum Gasteiger partial charge on any atom is -0.301 e. The Labute approximate surface area is 135 Å². The molecule has 0 bridgehead atoms. The molecule has 1 atom stereocenters. The van der Waals surface area contributed by atoms with Crippen molar-refractivity contribution in [3.05, 3.63) is 41.8 Å². The summed E-state index contributed by atoms with van der Waals surface area (Å²) < 4.78 is 2.26. The molecule has 0 fully saturated rings. The van der Waals surface area contributed by atoms with Crippen LogP contribution < -0.4 is 5.32 Å². The number of thioether (sulfide) groups is 1. The Bertz CT molecular complexity index is 703. The van der Waals surface area contributed by atoms with Crippen molar-refractivity contribution >= 4 is 55.7 Å². The van der Waals surface area contributed by atoms with Gasteiger partial charge in [0.05, 0.1) is 19.7 Å². The Kier molecular flexibility index (Phi) is 4.57. The van der Waals surface area contributed by atoms with E-state index in [9.17, 15) is 4.79 Å². The average Bonchev–Trinajstić information content (AvgIpc) is 3.13. The molecule has 0 radical (unpaired) electrons. The molecule has 0 spiro atoms. The maximum absolute atomic E-state index is 12.4. The second-order valence-electron chi connectivity index (χ2n) is 4.42. The number of amides is 1. The first-order valence-corrected chi connectivity index (χ1v) is 9.20. The molecule has 1 N–H and O–H groups in total. The molecule has 2 heterocycles. The number of nitrogens with one attached hydrogen (secondary N) is 1. The van der Waals surface area contributed by atoms with Gasteiger partial charge in [-0.3, -0.25) is 4.79 Å². The summed E-state index contributed by atoms with van der Waals surface area (Å²) in [5, 5.41) is 5.56.